The van der Waals surface area contributed by atoms with Crippen LogP contribution in [0.3, 0.4) is 0 Å². The molecular weight excluding hydrogens is 284 g/mol. The van der Waals surface area contributed by atoms with Gasteiger partial charge in [0.05, 0.1) is 5.56 Å². The second kappa shape index (κ2) is 4.50. The van der Waals surface area contributed by atoms with Crippen molar-refractivity contribution in [2.24, 2.45) is 5.73 Å². The van der Waals surface area contributed by atoms with Crippen molar-refractivity contribution in [2.75, 3.05) is 5.73 Å². The van der Waals surface area contributed by atoms with Crippen LogP contribution in [0.15, 0.2) is 34.9 Å². The van der Waals surface area contributed by atoms with Gasteiger partial charge in [0.1, 0.15) is 5.82 Å². The Morgan fingerprint density at radius 1 is 1.24 bits per heavy atom. The zero-order chi connectivity index (χ0) is 12.4. The molecule has 0 fully saturated rings. The van der Waals surface area contributed by atoms with Crippen LogP contribution >= 0.6 is 15.9 Å². The Kier molecular flexibility index (Phi) is 3.06. The first-order chi connectivity index (χ1) is 8.08. The number of rotatable bonds is 2. The molecule has 4 N–H and O–H groups in total. The Bertz CT molecular complexity index is 568. The molecule has 1 amide bonds. The maximum atomic E-state index is 11.0. The summed E-state index contributed by atoms with van der Waals surface area (Å²) in [5, 5.41) is 0. The average Bonchev–Trinajstić information content (AvgIpc) is 2.29. The van der Waals surface area contributed by atoms with E-state index in [-0.39, 0.29) is 11.4 Å². The number of hydrogen-bond donors (Lipinski definition) is 2. The van der Waals surface area contributed by atoms with Crippen molar-refractivity contribution < 1.29 is 4.79 Å². The van der Waals surface area contributed by atoms with Gasteiger partial charge in [-0.15, -0.1) is 0 Å². The van der Waals surface area contributed by atoms with Crippen molar-refractivity contribution in [2.45, 2.75) is 0 Å². The number of halogens is 1. The molecule has 0 atom stereocenters. The van der Waals surface area contributed by atoms with E-state index in [9.17, 15) is 4.79 Å². The van der Waals surface area contributed by atoms with Gasteiger partial charge in [-0.3, -0.25) is 4.79 Å². The first-order valence-electron chi connectivity index (χ1n) is 4.76. The molecule has 5 nitrogen and oxygen atoms in total. The summed E-state index contributed by atoms with van der Waals surface area (Å²) in [6.07, 6.45) is 1.34. The van der Waals surface area contributed by atoms with Gasteiger partial charge in [-0.2, -0.15) is 0 Å². The average molecular weight is 293 g/mol. The lowest BCUT2D eigenvalue weighted by Gasteiger charge is -2.04. The van der Waals surface area contributed by atoms with Gasteiger partial charge in [0, 0.05) is 16.2 Å². The summed E-state index contributed by atoms with van der Waals surface area (Å²) in [5.41, 5.74) is 11.7. The Balaban J connectivity index is 2.44. The van der Waals surface area contributed by atoms with Crippen molar-refractivity contribution in [3.05, 3.63) is 40.5 Å². The summed E-state index contributed by atoms with van der Waals surface area (Å²) in [7, 11) is 0. The van der Waals surface area contributed by atoms with Crippen LogP contribution in [0, 0.1) is 0 Å². The molecule has 0 spiro atoms. The van der Waals surface area contributed by atoms with E-state index < -0.39 is 5.91 Å². The number of nitrogens with zero attached hydrogens (tertiary/aromatic N) is 2. The van der Waals surface area contributed by atoms with Gasteiger partial charge in [-0.25, -0.2) is 9.97 Å². The molecule has 1 aromatic carbocycles. The molecule has 0 saturated carbocycles. The maximum absolute atomic E-state index is 11.0. The molecule has 86 valence electrons. The van der Waals surface area contributed by atoms with Gasteiger partial charge in [-0.05, 0) is 12.1 Å². The number of benzene rings is 1. The number of carbonyl (C=O) groups excluding carboxylic acids is 1. The molecule has 0 aliphatic rings. The fourth-order valence-electron chi connectivity index (χ4n) is 1.32. The highest BCUT2D eigenvalue weighted by Crippen LogP contribution is 2.19. The zero-order valence-corrected chi connectivity index (χ0v) is 10.3. The Hall–Kier alpha value is -1.95. The van der Waals surface area contributed by atoms with E-state index in [0.717, 1.165) is 10.0 Å². The quantitative estimate of drug-likeness (QED) is 0.879. The van der Waals surface area contributed by atoms with Crippen LogP contribution in [0.5, 0.6) is 0 Å². The number of nitrogens with two attached hydrogens (primary N) is 2. The largest absolute Gasteiger partial charge is 0.383 e. The molecule has 0 aliphatic carbocycles. The lowest BCUT2D eigenvalue weighted by atomic mass is 10.2. The van der Waals surface area contributed by atoms with Gasteiger partial charge >= 0.3 is 0 Å². The van der Waals surface area contributed by atoms with E-state index in [0.29, 0.717) is 5.82 Å². The number of hydrogen-bond acceptors (Lipinski definition) is 4. The summed E-state index contributed by atoms with van der Waals surface area (Å²) in [6, 6.07) is 7.44. The van der Waals surface area contributed by atoms with Crippen LogP contribution < -0.4 is 11.5 Å². The highest BCUT2D eigenvalue weighted by molar-refractivity contribution is 9.10. The molecule has 2 aromatic rings. The number of aromatic nitrogens is 2. The van der Waals surface area contributed by atoms with Crippen LogP contribution in [0.25, 0.3) is 11.4 Å². The van der Waals surface area contributed by atoms with Crippen molar-refractivity contribution in [3.63, 3.8) is 0 Å². The minimum Gasteiger partial charge on any atom is -0.383 e. The predicted molar refractivity (Wildman–Crippen MR) is 68.1 cm³/mol. The number of amides is 1. The molecule has 0 aliphatic heterocycles. The monoisotopic (exact) mass is 292 g/mol. The van der Waals surface area contributed by atoms with Crippen LogP contribution in [-0.2, 0) is 0 Å². The topological polar surface area (TPSA) is 94.9 Å². The van der Waals surface area contributed by atoms with Crippen molar-refractivity contribution in [1.29, 1.82) is 0 Å². The molecule has 0 radical (unpaired) electrons. The Morgan fingerprint density at radius 2 is 1.88 bits per heavy atom. The number of nitrogen functional groups attached to an aromatic ring is 1. The Morgan fingerprint density at radius 3 is 2.41 bits per heavy atom. The van der Waals surface area contributed by atoms with Crippen LogP contribution in [-0.4, -0.2) is 15.9 Å². The molecule has 0 unspecified atom stereocenters. The lowest BCUT2D eigenvalue weighted by molar-refractivity contribution is 0.100. The molecule has 2 rings (SSSR count). The van der Waals surface area contributed by atoms with Gasteiger partial charge in [-0.1, -0.05) is 28.1 Å². The van der Waals surface area contributed by atoms with Crippen LogP contribution in [0.2, 0.25) is 0 Å². The SMILES string of the molecule is NC(=O)c1cnc(-c2ccc(Br)cc2)nc1N. The van der Waals surface area contributed by atoms with Gasteiger partial charge in [0.25, 0.3) is 5.91 Å². The maximum Gasteiger partial charge on any atom is 0.254 e. The molecule has 0 bridgehead atoms. The van der Waals surface area contributed by atoms with E-state index in [2.05, 4.69) is 25.9 Å². The standard InChI is InChI=1S/C11H9BrN4O/c12-7-3-1-6(2-4-7)11-15-5-8(10(14)17)9(13)16-11/h1-5H,(H2,14,17)(H2,13,15,16). The van der Waals surface area contributed by atoms with E-state index in [4.69, 9.17) is 11.5 Å². The summed E-state index contributed by atoms with van der Waals surface area (Å²) in [5.74, 6) is -0.0877. The predicted octanol–water partition coefficient (Wildman–Crippen LogP) is 1.59. The van der Waals surface area contributed by atoms with E-state index in [1.807, 2.05) is 24.3 Å². The van der Waals surface area contributed by atoms with Crippen LogP contribution in [0.1, 0.15) is 10.4 Å². The smallest absolute Gasteiger partial charge is 0.254 e. The summed E-state index contributed by atoms with van der Waals surface area (Å²) in [6.45, 7) is 0. The van der Waals surface area contributed by atoms with Crippen LogP contribution in [0.4, 0.5) is 5.82 Å². The molecule has 6 heteroatoms. The van der Waals surface area contributed by atoms with Gasteiger partial charge < -0.3 is 11.5 Å². The summed E-state index contributed by atoms with van der Waals surface area (Å²) >= 11 is 3.34. The second-order valence-corrected chi connectivity index (χ2v) is 4.28. The highest BCUT2D eigenvalue weighted by Gasteiger charge is 2.09. The van der Waals surface area contributed by atoms with E-state index >= 15 is 0 Å². The molecule has 1 aromatic heterocycles. The highest BCUT2D eigenvalue weighted by atomic mass is 79.9. The molecule has 17 heavy (non-hydrogen) atoms. The van der Waals surface area contributed by atoms with Crippen molar-refractivity contribution in [1.82, 2.24) is 9.97 Å². The fourth-order valence-corrected chi connectivity index (χ4v) is 1.59. The zero-order valence-electron chi connectivity index (χ0n) is 8.72. The lowest BCUT2D eigenvalue weighted by Crippen LogP contribution is -2.15. The third-order valence-corrected chi connectivity index (χ3v) is 2.71. The number of carbonyl (C=O) groups is 1. The van der Waals surface area contributed by atoms with Gasteiger partial charge in [0.15, 0.2) is 5.82 Å². The van der Waals surface area contributed by atoms with Crippen molar-refractivity contribution in [3.8, 4) is 11.4 Å². The molecular formula is C11H9BrN4O. The first kappa shape index (κ1) is 11.5. The third-order valence-electron chi connectivity index (χ3n) is 2.19. The molecule has 1 heterocycles. The van der Waals surface area contributed by atoms with E-state index in [1.54, 1.807) is 0 Å². The minimum absolute atomic E-state index is 0.0884. The second-order valence-electron chi connectivity index (χ2n) is 3.36. The first-order valence-corrected chi connectivity index (χ1v) is 5.55. The normalized spacial score (nSPS) is 10.2. The minimum atomic E-state index is -0.634. The fraction of sp³-hybridized carbons (Fsp3) is 0. The van der Waals surface area contributed by atoms with Crippen molar-refractivity contribution >= 4 is 27.7 Å². The number of primary amides is 1. The number of anilines is 1. The Labute approximate surface area is 106 Å². The molecule has 0 saturated heterocycles. The summed E-state index contributed by atoms with van der Waals surface area (Å²) in [4.78, 5) is 19.1. The van der Waals surface area contributed by atoms with Gasteiger partial charge in [0.2, 0.25) is 0 Å². The summed E-state index contributed by atoms with van der Waals surface area (Å²) < 4.78 is 0.961. The van der Waals surface area contributed by atoms with E-state index in [1.165, 1.54) is 6.20 Å². The third kappa shape index (κ3) is 2.42.